The molecule has 1 N–H and O–H groups in total. The van der Waals surface area contributed by atoms with Crippen LogP contribution in [0, 0.1) is 11.3 Å². The Balaban J connectivity index is 0.00000300. The second-order valence-electron chi connectivity index (χ2n) is 9.30. The van der Waals surface area contributed by atoms with Crippen molar-refractivity contribution in [2.24, 2.45) is 11.3 Å². The lowest BCUT2D eigenvalue weighted by Crippen LogP contribution is -2.49. The van der Waals surface area contributed by atoms with Crippen molar-refractivity contribution in [1.82, 2.24) is 10.2 Å². The van der Waals surface area contributed by atoms with Crippen molar-refractivity contribution in [2.45, 2.75) is 47.0 Å². The topological polar surface area (TPSA) is 35.6 Å². The molecule has 1 saturated heterocycles. The van der Waals surface area contributed by atoms with E-state index < -0.39 is 0 Å². The maximum absolute atomic E-state index is 11.8. The van der Waals surface area contributed by atoms with Crippen LogP contribution in [0.5, 0.6) is 0 Å². The van der Waals surface area contributed by atoms with Crippen LogP contribution in [0.3, 0.4) is 0 Å². The molecule has 162 valence electrons. The summed E-state index contributed by atoms with van der Waals surface area (Å²) in [6, 6.07) is 8.88. The highest BCUT2D eigenvalue weighted by molar-refractivity contribution is 5.85. The predicted octanol–water partition coefficient (Wildman–Crippen LogP) is 4.60. The molecule has 0 bridgehead atoms. The molecule has 1 atom stereocenters. The van der Waals surface area contributed by atoms with Crippen LogP contribution < -0.4 is 10.2 Å². The summed E-state index contributed by atoms with van der Waals surface area (Å²) in [5, 5.41) is 2.90. The van der Waals surface area contributed by atoms with Crippen LogP contribution >= 0.6 is 12.4 Å². The Morgan fingerprint density at radius 3 is 2.41 bits per heavy atom. The molecule has 0 radical (unpaired) electrons. The molecule has 1 fully saturated rings. The van der Waals surface area contributed by atoms with E-state index in [-0.39, 0.29) is 18.3 Å². The molecule has 1 aromatic carbocycles. The number of allylic oxidation sites excluding steroid dienone is 2. The smallest absolute Gasteiger partial charge is 0.234 e. The summed E-state index contributed by atoms with van der Waals surface area (Å²) >= 11 is 0. The number of carbonyl (C=O) groups excluding carboxylic acids is 1. The summed E-state index contributed by atoms with van der Waals surface area (Å²) < 4.78 is 0. The van der Waals surface area contributed by atoms with E-state index in [4.69, 9.17) is 0 Å². The molecule has 1 heterocycles. The fourth-order valence-electron chi connectivity index (χ4n) is 4.49. The Morgan fingerprint density at radius 1 is 1.14 bits per heavy atom. The number of nitrogens with zero attached hydrogens (tertiary/aromatic N) is 2. The highest BCUT2D eigenvalue weighted by atomic mass is 35.5. The van der Waals surface area contributed by atoms with E-state index in [1.807, 2.05) is 6.92 Å². The SMILES string of the molecule is CCNC(=O)CN1CCN(c2ccccc2C2=CCC(C(C)(C)C)CC2)CC1.Cl. The zero-order chi connectivity index (χ0) is 20.1. The molecule has 1 amide bonds. The van der Waals surface area contributed by atoms with Gasteiger partial charge in [-0.05, 0) is 49.2 Å². The molecule has 1 aliphatic carbocycles. The molecule has 1 unspecified atom stereocenters. The first-order valence-corrected chi connectivity index (χ1v) is 10.9. The van der Waals surface area contributed by atoms with E-state index in [9.17, 15) is 4.79 Å². The predicted molar refractivity (Wildman–Crippen MR) is 126 cm³/mol. The van der Waals surface area contributed by atoms with Gasteiger partial charge in [-0.15, -0.1) is 12.4 Å². The third-order valence-corrected chi connectivity index (χ3v) is 6.34. The maximum atomic E-state index is 11.8. The number of para-hydroxylation sites is 1. The minimum Gasteiger partial charge on any atom is -0.368 e. The third-order valence-electron chi connectivity index (χ3n) is 6.34. The van der Waals surface area contributed by atoms with E-state index in [1.165, 1.54) is 36.1 Å². The van der Waals surface area contributed by atoms with Crippen molar-refractivity contribution in [3.05, 3.63) is 35.9 Å². The zero-order valence-corrected chi connectivity index (χ0v) is 19.4. The largest absolute Gasteiger partial charge is 0.368 e. The molecule has 0 spiro atoms. The average Bonchev–Trinajstić information content (AvgIpc) is 2.68. The van der Waals surface area contributed by atoms with Crippen molar-refractivity contribution in [3.8, 4) is 0 Å². The Hall–Kier alpha value is -1.52. The quantitative estimate of drug-likeness (QED) is 0.757. The van der Waals surface area contributed by atoms with Gasteiger partial charge in [0.05, 0.1) is 6.54 Å². The lowest BCUT2D eigenvalue weighted by atomic mass is 9.72. The molecule has 29 heavy (non-hydrogen) atoms. The lowest BCUT2D eigenvalue weighted by molar-refractivity contribution is -0.122. The number of amides is 1. The van der Waals surface area contributed by atoms with Crippen molar-refractivity contribution >= 4 is 29.6 Å². The number of piperazine rings is 1. The van der Waals surface area contributed by atoms with Gasteiger partial charge in [0.15, 0.2) is 0 Å². The van der Waals surface area contributed by atoms with E-state index in [2.05, 4.69) is 66.2 Å². The molecule has 4 nitrogen and oxygen atoms in total. The van der Waals surface area contributed by atoms with Crippen molar-refractivity contribution in [2.75, 3.05) is 44.2 Å². The molecule has 0 aromatic heterocycles. The second-order valence-corrected chi connectivity index (χ2v) is 9.30. The average molecular weight is 420 g/mol. The van der Waals surface area contributed by atoms with Gasteiger partial charge < -0.3 is 10.2 Å². The third kappa shape index (κ3) is 6.23. The molecular formula is C24H38ClN3O. The van der Waals surface area contributed by atoms with Crippen LogP contribution in [0.2, 0.25) is 0 Å². The summed E-state index contributed by atoms with van der Waals surface area (Å²) in [4.78, 5) is 16.6. The van der Waals surface area contributed by atoms with Crippen molar-refractivity contribution in [3.63, 3.8) is 0 Å². The Labute approximate surface area is 183 Å². The molecule has 5 heteroatoms. The van der Waals surface area contributed by atoms with Crippen LogP contribution in [0.1, 0.15) is 52.5 Å². The number of hydrogen-bond donors (Lipinski definition) is 1. The van der Waals surface area contributed by atoms with Gasteiger partial charge in [0.25, 0.3) is 0 Å². The molecule has 1 aromatic rings. The minimum absolute atomic E-state index is 0. The minimum atomic E-state index is 0. The van der Waals surface area contributed by atoms with Gasteiger partial charge in [-0.2, -0.15) is 0 Å². The lowest BCUT2D eigenvalue weighted by Gasteiger charge is -2.38. The van der Waals surface area contributed by atoms with E-state index in [0.29, 0.717) is 18.5 Å². The van der Waals surface area contributed by atoms with Gasteiger partial charge in [-0.1, -0.05) is 45.0 Å². The Kier molecular flexibility index (Phi) is 8.59. The van der Waals surface area contributed by atoms with E-state index in [0.717, 1.165) is 32.1 Å². The molecule has 0 saturated carbocycles. The Bertz CT molecular complexity index is 702. The zero-order valence-electron chi connectivity index (χ0n) is 18.5. The fraction of sp³-hybridized carbons (Fsp3) is 0.625. The summed E-state index contributed by atoms with van der Waals surface area (Å²) in [6.07, 6.45) is 6.14. The van der Waals surface area contributed by atoms with Crippen LogP contribution in [0.25, 0.3) is 5.57 Å². The summed E-state index contributed by atoms with van der Waals surface area (Å²) in [5.74, 6) is 0.915. The number of rotatable bonds is 5. The number of benzene rings is 1. The van der Waals surface area contributed by atoms with Crippen LogP contribution in [0.15, 0.2) is 30.3 Å². The van der Waals surface area contributed by atoms with Gasteiger partial charge in [0, 0.05) is 44.0 Å². The number of anilines is 1. The number of nitrogens with one attached hydrogen (secondary N) is 1. The van der Waals surface area contributed by atoms with Gasteiger partial charge in [-0.25, -0.2) is 0 Å². The van der Waals surface area contributed by atoms with E-state index >= 15 is 0 Å². The van der Waals surface area contributed by atoms with Gasteiger partial charge in [0.2, 0.25) is 5.91 Å². The monoisotopic (exact) mass is 419 g/mol. The summed E-state index contributed by atoms with van der Waals surface area (Å²) in [7, 11) is 0. The Morgan fingerprint density at radius 2 is 1.83 bits per heavy atom. The van der Waals surface area contributed by atoms with Crippen LogP contribution in [-0.4, -0.2) is 50.1 Å². The summed E-state index contributed by atoms with van der Waals surface area (Å²) in [5.41, 5.74) is 4.68. The normalized spacial score (nSPS) is 20.6. The standard InChI is InChI=1S/C24H37N3O.ClH/c1-5-25-23(28)18-26-14-16-27(17-15-26)22-9-7-6-8-21(22)19-10-12-20(13-11-19)24(2,3)4;/h6-10,20H,5,11-18H2,1-4H3,(H,25,28);1H. The van der Waals surface area contributed by atoms with Gasteiger partial charge in [-0.3, -0.25) is 9.69 Å². The first kappa shape index (κ1) is 23.8. The van der Waals surface area contributed by atoms with Crippen LogP contribution in [0.4, 0.5) is 5.69 Å². The van der Waals surface area contributed by atoms with Crippen LogP contribution in [-0.2, 0) is 4.79 Å². The van der Waals surface area contributed by atoms with Crippen molar-refractivity contribution in [1.29, 1.82) is 0 Å². The van der Waals surface area contributed by atoms with Crippen molar-refractivity contribution < 1.29 is 4.79 Å². The highest BCUT2D eigenvalue weighted by Gasteiger charge is 2.28. The first-order valence-electron chi connectivity index (χ1n) is 10.9. The number of hydrogen-bond acceptors (Lipinski definition) is 3. The number of carbonyl (C=O) groups is 1. The summed E-state index contributed by atoms with van der Waals surface area (Å²) in [6.45, 7) is 14.1. The molecule has 3 rings (SSSR count). The van der Waals surface area contributed by atoms with Gasteiger partial charge >= 0.3 is 0 Å². The van der Waals surface area contributed by atoms with E-state index in [1.54, 1.807) is 0 Å². The maximum Gasteiger partial charge on any atom is 0.234 e. The first-order chi connectivity index (χ1) is 13.4. The molecule has 1 aliphatic heterocycles. The fourth-order valence-corrected chi connectivity index (χ4v) is 4.49. The number of halogens is 1. The second kappa shape index (κ2) is 10.5. The number of likely N-dealkylation sites (N-methyl/N-ethyl adjacent to an activating group) is 1. The highest BCUT2D eigenvalue weighted by Crippen LogP contribution is 2.41. The van der Waals surface area contributed by atoms with Gasteiger partial charge in [0.1, 0.15) is 0 Å². The molecular weight excluding hydrogens is 382 g/mol. The molecule has 2 aliphatic rings.